The predicted molar refractivity (Wildman–Crippen MR) is 50.8 cm³/mol. The van der Waals surface area contributed by atoms with Gasteiger partial charge in [-0.05, 0) is 0 Å². The maximum atomic E-state index is 11.1. The Labute approximate surface area is 85.0 Å². The number of hydrazine groups is 1. The topological polar surface area (TPSA) is 98.7 Å². The summed E-state index contributed by atoms with van der Waals surface area (Å²) in [7, 11) is 0. The number of nitrogens with two attached hydrogens (primary N) is 1. The van der Waals surface area contributed by atoms with Gasteiger partial charge in [-0.25, -0.2) is 15.8 Å². The highest BCUT2D eigenvalue weighted by atomic mass is 16.2. The molecule has 15 heavy (non-hydrogen) atoms. The van der Waals surface area contributed by atoms with Crippen molar-refractivity contribution in [1.82, 2.24) is 24.9 Å². The molecule has 0 saturated carbocycles. The molecular formula is C8H8N6O. The van der Waals surface area contributed by atoms with Gasteiger partial charge in [-0.3, -0.25) is 19.8 Å². The highest BCUT2D eigenvalue weighted by molar-refractivity contribution is 5.91. The SMILES string of the molecule is NNC(=O)c1cn(-c2cnccn2)cn1. The summed E-state index contributed by atoms with van der Waals surface area (Å²) in [6.45, 7) is 0. The average Bonchev–Trinajstić information content (AvgIpc) is 2.78. The second-order valence-electron chi connectivity index (χ2n) is 2.70. The Balaban J connectivity index is 2.32. The minimum Gasteiger partial charge on any atom is -0.289 e. The third-order valence-electron chi connectivity index (χ3n) is 1.76. The summed E-state index contributed by atoms with van der Waals surface area (Å²) in [5.41, 5.74) is 2.22. The third kappa shape index (κ3) is 1.81. The lowest BCUT2D eigenvalue weighted by Gasteiger charge is -1.97. The Morgan fingerprint density at radius 3 is 2.93 bits per heavy atom. The molecule has 7 heteroatoms. The van der Waals surface area contributed by atoms with E-state index in [9.17, 15) is 4.79 Å². The van der Waals surface area contributed by atoms with E-state index in [2.05, 4.69) is 15.0 Å². The van der Waals surface area contributed by atoms with Gasteiger partial charge in [0, 0.05) is 18.6 Å². The van der Waals surface area contributed by atoms with E-state index in [1.807, 2.05) is 5.43 Å². The normalized spacial score (nSPS) is 9.93. The third-order valence-corrected chi connectivity index (χ3v) is 1.76. The molecular weight excluding hydrogens is 196 g/mol. The molecule has 1 amide bonds. The number of carbonyl (C=O) groups is 1. The zero-order valence-corrected chi connectivity index (χ0v) is 7.66. The number of nitrogen functional groups attached to an aromatic ring is 1. The van der Waals surface area contributed by atoms with Crippen LogP contribution in [0, 0.1) is 0 Å². The number of hydrogen-bond acceptors (Lipinski definition) is 5. The van der Waals surface area contributed by atoms with Gasteiger partial charge >= 0.3 is 0 Å². The van der Waals surface area contributed by atoms with Crippen molar-refractivity contribution in [2.45, 2.75) is 0 Å². The van der Waals surface area contributed by atoms with Crippen molar-refractivity contribution in [3.63, 3.8) is 0 Å². The first-order valence-corrected chi connectivity index (χ1v) is 4.12. The van der Waals surface area contributed by atoms with Crippen LogP contribution in [0.3, 0.4) is 0 Å². The van der Waals surface area contributed by atoms with Crippen LogP contribution in [0.1, 0.15) is 10.5 Å². The standard InChI is InChI=1S/C8H8N6O/c9-13-8(15)6-4-14(5-12-6)7-3-10-1-2-11-7/h1-5H,9H2,(H,13,15). The summed E-state index contributed by atoms with van der Waals surface area (Å²) >= 11 is 0. The Morgan fingerprint density at radius 2 is 2.27 bits per heavy atom. The molecule has 0 saturated heterocycles. The van der Waals surface area contributed by atoms with Crippen LogP contribution in [0.5, 0.6) is 0 Å². The van der Waals surface area contributed by atoms with Crippen molar-refractivity contribution in [3.05, 3.63) is 36.8 Å². The summed E-state index contributed by atoms with van der Waals surface area (Å²) in [4.78, 5) is 22.9. The van der Waals surface area contributed by atoms with Gasteiger partial charge in [0.05, 0.1) is 6.20 Å². The number of carbonyl (C=O) groups excluding carboxylic acids is 1. The number of nitrogens with zero attached hydrogens (tertiary/aromatic N) is 4. The van der Waals surface area contributed by atoms with Crippen LogP contribution in [0.4, 0.5) is 0 Å². The van der Waals surface area contributed by atoms with Gasteiger partial charge < -0.3 is 0 Å². The second kappa shape index (κ2) is 3.84. The second-order valence-corrected chi connectivity index (χ2v) is 2.70. The molecule has 2 heterocycles. The van der Waals surface area contributed by atoms with Gasteiger partial charge in [0.1, 0.15) is 12.0 Å². The molecule has 0 aliphatic carbocycles. The number of amides is 1. The molecule has 3 N–H and O–H groups in total. The summed E-state index contributed by atoms with van der Waals surface area (Å²) in [6, 6.07) is 0. The molecule has 0 aromatic carbocycles. The van der Waals surface area contributed by atoms with Crippen molar-refractivity contribution in [2.24, 2.45) is 5.84 Å². The van der Waals surface area contributed by atoms with E-state index in [4.69, 9.17) is 5.84 Å². The Bertz CT molecular complexity index is 465. The number of hydrogen-bond donors (Lipinski definition) is 2. The Kier molecular flexibility index (Phi) is 2.38. The molecule has 2 aromatic rings. The first-order chi connectivity index (χ1) is 7.31. The summed E-state index contributed by atoms with van der Waals surface area (Å²) in [5, 5.41) is 0. The van der Waals surface area contributed by atoms with Gasteiger partial charge in [0.2, 0.25) is 0 Å². The molecule has 76 valence electrons. The monoisotopic (exact) mass is 204 g/mol. The van der Waals surface area contributed by atoms with Crippen LogP contribution in [0.15, 0.2) is 31.1 Å². The quantitative estimate of drug-likeness (QED) is 0.381. The molecule has 0 fully saturated rings. The lowest BCUT2D eigenvalue weighted by molar-refractivity contribution is 0.0949. The van der Waals surface area contributed by atoms with Crippen LogP contribution in [0.25, 0.3) is 5.82 Å². The van der Waals surface area contributed by atoms with Gasteiger partial charge in [-0.15, -0.1) is 0 Å². The van der Waals surface area contributed by atoms with Crippen molar-refractivity contribution < 1.29 is 4.79 Å². The van der Waals surface area contributed by atoms with Gasteiger partial charge in [0.15, 0.2) is 5.82 Å². The van der Waals surface area contributed by atoms with Crippen molar-refractivity contribution >= 4 is 5.91 Å². The Hall–Kier alpha value is -2.28. The van der Waals surface area contributed by atoms with Gasteiger partial charge in [-0.2, -0.15) is 0 Å². The summed E-state index contributed by atoms with van der Waals surface area (Å²) < 4.78 is 1.58. The summed E-state index contributed by atoms with van der Waals surface area (Å²) in [5.74, 6) is 5.11. The van der Waals surface area contributed by atoms with E-state index >= 15 is 0 Å². The number of aromatic nitrogens is 4. The molecule has 2 rings (SSSR count). The van der Waals surface area contributed by atoms with Crippen LogP contribution in [-0.2, 0) is 0 Å². The summed E-state index contributed by atoms with van der Waals surface area (Å²) in [6.07, 6.45) is 7.67. The Morgan fingerprint density at radius 1 is 1.40 bits per heavy atom. The zero-order chi connectivity index (χ0) is 10.7. The molecule has 0 spiro atoms. The molecule has 0 aliphatic heterocycles. The number of nitrogens with one attached hydrogen (secondary N) is 1. The van der Waals surface area contributed by atoms with Crippen LogP contribution < -0.4 is 11.3 Å². The first-order valence-electron chi connectivity index (χ1n) is 4.12. The van der Waals surface area contributed by atoms with E-state index in [1.165, 1.54) is 12.5 Å². The molecule has 0 radical (unpaired) electrons. The van der Waals surface area contributed by atoms with E-state index in [0.717, 1.165) is 0 Å². The predicted octanol–water partition coefficient (Wildman–Crippen LogP) is -0.734. The van der Waals surface area contributed by atoms with Crippen LogP contribution >= 0.6 is 0 Å². The molecule has 0 atom stereocenters. The van der Waals surface area contributed by atoms with Crippen LogP contribution in [0.2, 0.25) is 0 Å². The molecule has 7 nitrogen and oxygen atoms in total. The fourth-order valence-corrected chi connectivity index (χ4v) is 1.06. The van der Waals surface area contributed by atoms with Gasteiger partial charge in [-0.1, -0.05) is 0 Å². The fraction of sp³-hybridized carbons (Fsp3) is 0. The van der Waals surface area contributed by atoms with Crippen molar-refractivity contribution in [2.75, 3.05) is 0 Å². The smallest absolute Gasteiger partial charge is 0.285 e. The maximum absolute atomic E-state index is 11.1. The van der Waals surface area contributed by atoms with E-state index < -0.39 is 5.91 Å². The number of rotatable bonds is 2. The fourth-order valence-electron chi connectivity index (χ4n) is 1.06. The lowest BCUT2D eigenvalue weighted by atomic mass is 10.4. The highest BCUT2D eigenvalue weighted by Gasteiger charge is 2.08. The van der Waals surface area contributed by atoms with E-state index in [1.54, 1.807) is 23.2 Å². The van der Waals surface area contributed by atoms with Crippen LogP contribution in [-0.4, -0.2) is 25.4 Å². The van der Waals surface area contributed by atoms with Gasteiger partial charge in [0.25, 0.3) is 5.91 Å². The van der Waals surface area contributed by atoms with E-state index in [-0.39, 0.29) is 5.69 Å². The lowest BCUT2D eigenvalue weighted by Crippen LogP contribution is -2.30. The average molecular weight is 204 g/mol. The molecule has 2 aromatic heterocycles. The van der Waals surface area contributed by atoms with Crippen molar-refractivity contribution in [1.29, 1.82) is 0 Å². The molecule has 0 bridgehead atoms. The molecule has 0 unspecified atom stereocenters. The maximum Gasteiger partial charge on any atom is 0.285 e. The minimum absolute atomic E-state index is 0.225. The van der Waals surface area contributed by atoms with Crippen molar-refractivity contribution in [3.8, 4) is 5.82 Å². The minimum atomic E-state index is -0.447. The number of imidazole rings is 1. The highest BCUT2D eigenvalue weighted by Crippen LogP contribution is 2.02. The first kappa shape index (κ1) is 9.28. The van der Waals surface area contributed by atoms with E-state index in [0.29, 0.717) is 5.82 Å². The molecule has 0 aliphatic rings. The largest absolute Gasteiger partial charge is 0.289 e. The zero-order valence-electron chi connectivity index (χ0n) is 7.66.